The van der Waals surface area contributed by atoms with Crippen molar-refractivity contribution in [1.29, 1.82) is 0 Å². The topological polar surface area (TPSA) is 90.7 Å². The van der Waals surface area contributed by atoms with Crippen LogP contribution in [0.15, 0.2) is 22.7 Å². The van der Waals surface area contributed by atoms with E-state index in [-0.39, 0.29) is 30.9 Å². The predicted molar refractivity (Wildman–Crippen MR) is 80.1 cm³/mol. The zero-order valence-electron chi connectivity index (χ0n) is 11.2. The van der Waals surface area contributed by atoms with Crippen molar-refractivity contribution in [3.8, 4) is 0 Å². The Kier molecular flexibility index (Phi) is 6.61. The maximum atomic E-state index is 12.2. The van der Waals surface area contributed by atoms with Gasteiger partial charge in [-0.3, -0.25) is 14.7 Å². The number of nitro benzene ring substituents is 1. The molecule has 0 bridgehead atoms. The molecule has 0 heterocycles. The number of hydrogen-bond acceptors (Lipinski definition) is 6. The van der Waals surface area contributed by atoms with Gasteiger partial charge in [0, 0.05) is 10.5 Å². The van der Waals surface area contributed by atoms with Crippen LogP contribution in [0.4, 0.5) is 11.4 Å². The van der Waals surface area contributed by atoms with Crippen LogP contribution in [0.25, 0.3) is 0 Å². The molecule has 9 heteroatoms. The lowest BCUT2D eigenvalue weighted by atomic mass is 10.3. The minimum Gasteiger partial charge on any atom is -0.368 e. The summed E-state index contributed by atoms with van der Waals surface area (Å²) in [5.74, 6) is 0. The Morgan fingerprint density at radius 3 is 2.45 bits per heavy atom. The number of halogens is 1. The van der Waals surface area contributed by atoms with Crippen LogP contribution < -0.4 is 5.32 Å². The molecular weight excluding hydrogens is 351 g/mol. The lowest BCUT2D eigenvalue weighted by Crippen LogP contribution is -2.09. The average molecular weight is 367 g/mol. The third kappa shape index (κ3) is 4.86. The highest BCUT2D eigenvalue weighted by atomic mass is 79.9. The molecule has 0 aliphatic carbocycles. The number of nitro groups is 1. The van der Waals surface area contributed by atoms with Crippen LogP contribution in [-0.2, 0) is 13.6 Å². The average Bonchev–Trinajstić information content (AvgIpc) is 2.37. The fraction of sp³-hybridized carbons (Fsp3) is 0.455. The van der Waals surface area contributed by atoms with Crippen LogP contribution >= 0.6 is 23.5 Å². The molecule has 1 aromatic carbocycles. The maximum absolute atomic E-state index is 12.2. The molecule has 0 amide bonds. The summed E-state index contributed by atoms with van der Waals surface area (Å²) in [5.41, 5.74) is 0.150. The minimum absolute atomic E-state index is 0.112. The Morgan fingerprint density at radius 1 is 1.35 bits per heavy atom. The Bertz CT molecular complexity index is 516. The number of hydrogen-bond donors (Lipinski definition) is 1. The zero-order chi connectivity index (χ0) is 15.2. The first kappa shape index (κ1) is 17.1. The normalized spacial score (nSPS) is 11.3. The highest BCUT2D eigenvalue weighted by molar-refractivity contribution is 9.10. The molecule has 1 rings (SSSR count). The number of rotatable bonds is 8. The fourth-order valence-electron chi connectivity index (χ4n) is 1.51. The van der Waals surface area contributed by atoms with Gasteiger partial charge in [0.05, 0.1) is 18.1 Å². The second kappa shape index (κ2) is 7.73. The van der Waals surface area contributed by atoms with Crippen molar-refractivity contribution in [1.82, 2.24) is 0 Å². The van der Waals surface area contributed by atoms with Crippen molar-refractivity contribution in [2.75, 3.05) is 24.8 Å². The molecule has 0 aromatic heterocycles. The molecule has 0 aliphatic rings. The van der Waals surface area contributed by atoms with Gasteiger partial charge in [-0.1, -0.05) is 15.9 Å². The van der Waals surface area contributed by atoms with E-state index < -0.39 is 12.5 Å². The Morgan fingerprint density at radius 2 is 1.95 bits per heavy atom. The van der Waals surface area contributed by atoms with Gasteiger partial charge in [0.25, 0.3) is 5.69 Å². The number of nitrogens with one attached hydrogen (secondary N) is 1. The van der Waals surface area contributed by atoms with Gasteiger partial charge in [-0.15, -0.1) is 0 Å². The molecule has 0 saturated carbocycles. The number of anilines is 1. The highest BCUT2D eigenvalue weighted by Gasteiger charge is 2.25. The minimum atomic E-state index is -3.29. The fourth-order valence-corrected chi connectivity index (χ4v) is 3.27. The molecule has 1 N–H and O–H groups in total. The third-order valence-corrected chi connectivity index (χ3v) is 4.61. The van der Waals surface area contributed by atoms with Crippen molar-refractivity contribution in [3.63, 3.8) is 0 Å². The van der Waals surface area contributed by atoms with Crippen LogP contribution in [0, 0.1) is 10.1 Å². The SMILES string of the molecule is CCOP(=O)(CNc1ccc(Br)cc1[N+](=O)[O-])OCC. The molecule has 20 heavy (non-hydrogen) atoms. The Hall–Kier alpha value is -0.950. The van der Waals surface area contributed by atoms with Crippen molar-refractivity contribution < 1.29 is 18.5 Å². The molecule has 0 aliphatic heterocycles. The van der Waals surface area contributed by atoms with Crippen molar-refractivity contribution >= 4 is 34.9 Å². The summed E-state index contributed by atoms with van der Waals surface area (Å²) >= 11 is 3.17. The van der Waals surface area contributed by atoms with E-state index in [4.69, 9.17) is 9.05 Å². The van der Waals surface area contributed by atoms with Gasteiger partial charge in [0.2, 0.25) is 0 Å². The molecule has 7 nitrogen and oxygen atoms in total. The van der Waals surface area contributed by atoms with Crippen LogP contribution in [0.2, 0.25) is 0 Å². The second-order valence-electron chi connectivity index (χ2n) is 3.70. The van der Waals surface area contributed by atoms with Gasteiger partial charge < -0.3 is 14.4 Å². The largest absolute Gasteiger partial charge is 0.368 e. The van der Waals surface area contributed by atoms with Gasteiger partial charge in [-0.05, 0) is 26.0 Å². The lowest BCUT2D eigenvalue weighted by molar-refractivity contribution is -0.384. The van der Waals surface area contributed by atoms with E-state index in [1.807, 2.05) is 0 Å². The van der Waals surface area contributed by atoms with Crippen molar-refractivity contribution in [3.05, 3.63) is 32.8 Å². The molecule has 0 radical (unpaired) electrons. The molecule has 0 saturated heterocycles. The molecule has 0 atom stereocenters. The second-order valence-corrected chi connectivity index (χ2v) is 6.67. The summed E-state index contributed by atoms with van der Waals surface area (Å²) in [6.45, 7) is 3.88. The lowest BCUT2D eigenvalue weighted by Gasteiger charge is -2.18. The van der Waals surface area contributed by atoms with Crippen LogP contribution in [0.1, 0.15) is 13.8 Å². The van der Waals surface area contributed by atoms with E-state index >= 15 is 0 Å². The molecule has 0 spiro atoms. The third-order valence-electron chi connectivity index (χ3n) is 2.27. The molecular formula is C11H16BrN2O5P. The van der Waals surface area contributed by atoms with E-state index in [9.17, 15) is 14.7 Å². The highest BCUT2D eigenvalue weighted by Crippen LogP contribution is 2.48. The number of benzene rings is 1. The summed E-state index contributed by atoms with van der Waals surface area (Å²) in [7, 11) is -3.29. The van der Waals surface area contributed by atoms with Gasteiger partial charge in [0.1, 0.15) is 12.0 Å². The summed E-state index contributed by atoms with van der Waals surface area (Å²) < 4.78 is 23.1. The van der Waals surface area contributed by atoms with Gasteiger partial charge >= 0.3 is 7.60 Å². The van der Waals surface area contributed by atoms with E-state index in [1.165, 1.54) is 12.1 Å². The first-order chi connectivity index (χ1) is 9.41. The summed E-state index contributed by atoms with van der Waals surface area (Å²) in [4.78, 5) is 10.4. The smallest absolute Gasteiger partial charge is 0.349 e. The van der Waals surface area contributed by atoms with E-state index in [0.717, 1.165) is 0 Å². The van der Waals surface area contributed by atoms with Crippen LogP contribution in [0.3, 0.4) is 0 Å². The molecule has 112 valence electrons. The maximum Gasteiger partial charge on any atom is 0.349 e. The van der Waals surface area contributed by atoms with Crippen LogP contribution in [-0.4, -0.2) is 24.4 Å². The first-order valence-electron chi connectivity index (χ1n) is 5.97. The monoisotopic (exact) mass is 366 g/mol. The van der Waals surface area contributed by atoms with E-state index in [1.54, 1.807) is 19.9 Å². The molecule has 0 unspecified atom stereocenters. The number of nitrogens with zero attached hydrogens (tertiary/aromatic N) is 1. The van der Waals surface area contributed by atoms with Gasteiger partial charge in [0.15, 0.2) is 0 Å². The van der Waals surface area contributed by atoms with Crippen molar-refractivity contribution in [2.45, 2.75) is 13.8 Å². The van der Waals surface area contributed by atoms with Crippen LogP contribution in [0.5, 0.6) is 0 Å². The summed E-state index contributed by atoms with van der Waals surface area (Å²) in [5, 5.41) is 13.7. The van der Waals surface area contributed by atoms with Gasteiger partial charge in [-0.25, -0.2) is 0 Å². The predicted octanol–water partition coefficient (Wildman–Crippen LogP) is 3.99. The van der Waals surface area contributed by atoms with E-state index in [0.29, 0.717) is 4.47 Å². The Balaban J connectivity index is 2.88. The van der Waals surface area contributed by atoms with Gasteiger partial charge in [-0.2, -0.15) is 0 Å². The first-order valence-corrected chi connectivity index (χ1v) is 8.50. The quantitative estimate of drug-likeness (QED) is 0.424. The summed E-state index contributed by atoms with van der Waals surface area (Å²) in [6.07, 6.45) is -0.128. The molecule has 1 aromatic rings. The zero-order valence-corrected chi connectivity index (χ0v) is 13.6. The molecule has 0 fully saturated rings. The summed E-state index contributed by atoms with van der Waals surface area (Å²) in [6, 6.07) is 4.56. The van der Waals surface area contributed by atoms with Crippen molar-refractivity contribution in [2.24, 2.45) is 0 Å². The standard InChI is InChI=1S/C11H16BrN2O5P/c1-3-18-20(17,19-4-2)8-13-10-6-5-9(12)7-11(10)14(15)16/h5-7,13H,3-4,8H2,1-2H3. The van der Waals surface area contributed by atoms with E-state index in [2.05, 4.69) is 21.2 Å². The Labute approximate surface area is 125 Å².